The Labute approximate surface area is 180 Å². The third kappa shape index (κ3) is 7.32. The molecule has 0 radical (unpaired) electrons. The lowest BCUT2D eigenvalue weighted by atomic mass is 10.1. The summed E-state index contributed by atoms with van der Waals surface area (Å²) in [6.45, 7) is 9.21. The number of rotatable bonds is 9. The molecular weight excluding hydrogens is 438 g/mol. The lowest BCUT2D eigenvalue weighted by Crippen LogP contribution is -2.31. The van der Waals surface area contributed by atoms with E-state index in [1.807, 2.05) is 30.3 Å². The maximum absolute atomic E-state index is 5.86. The molecule has 28 heavy (non-hydrogen) atoms. The zero-order valence-corrected chi connectivity index (χ0v) is 18.4. The Hall–Kier alpha value is -2.38. The first-order valence-corrected chi connectivity index (χ1v) is 10.00. The van der Waals surface area contributed by atoms with Gasteiger partial charge < -0.3 is 14.8 Å². The van der Waals surface area contributed by atoms with Crippen LogP contribution in [0.3, 0.4) is 0 Å². The SMILES string of the molecule is C=CCNC(=S)NN=Cc1cc(Br)ccc1OCCOc1ccc(C)c(C)c1. The van der Waals surface area contributed by atoms with Crippen molar-refractivity contribution in [2.75, 3.05) is 19.8 Å². The molecule has 0 bridgehead atoms. The van der Waals surface area contributed by atoms with Gasteiger partial charge in [0.15, 0.2) is 5.11 Å². The van der Waals surface area contributed by atoms with Crippen LogP contribution in [0, 0.1) is 13.8 Å². The number of hydrazone groups is 1. The molecule has 0 aromatic heterocycles. The van der Waals surface area contributed by atoms with Gasteiger partial charge in [-0.3, -0.25) is 5.43 Å². The molecule has 2 aromatic carbocycles. The van der Waals surface area contributed by atoms with Gasteiger partial charge in [0, 0.05) is 16.6 Å². The number of nitrogens with zero attached hydrogens (tertiary/aromatic N) is 1. The normalized spacial score (nSPS) is 10.5. The third-order valence-corrected chi connectivity index (χ3v) is 4.57. The summed E-state index contributed by atoms with van der Waals surface area (Å²) >= 11 is 8.57. The summed E-state index contributed by atoms with van der Waals surface area (Å²) in [5.41, 5.74) is 6.03. The maximum atomic E-state index is 5.86. The molecule has 5 nitrogen and oxygen atoms in total. The van der Waals surface area contributed by atoms with Gasteiger partial charge in [-0.1, -0.05) is 28.1 Å². The molecule has 0 unspecified atom stereocenters. The van der Waals surface area contributed by atoms with Gasteiger partial charge in [-0.05, 0) is 67.5 Å². The molecule has 0 aliphatic carbocycles. The van der Waals surface area contributed by atoms with Crippen molar-refractivity contribution in [3.63, 3.8) is 0 Å². The van der Waals surface area contributed by atoms with E-state index in [9.17, 15) is 0 Å². The van der Waals surface area contributed by atoms with Gasteiger partial charge in [0.05, 0.1) is 6.21 Å². The number of benzene rings is 2. The molecule has 0 aliphatic rings. The Bertz CT molecular complexity index is 856. The van der Waals surface area contributed by atoms with Crippen LogP contribution in [-0.4, -0.2) is 31.1 Å². The second-order valence-corrected chi connectivity index (χ2v) is 7.32. The van der Waals surface area contributed by atoms with Crippen molar-refractivity contribution >= 4 is 39.5 Å². The molecule has 7 heteroatoms. The van der Waals surface area contributed by atoms with Crippen LogP contribution in [0.15, 0.2) is 58.6 Å². The van der Waals surface area contributed by atoms with Gasteiger partial charge in [0.25, 0.3) is 0 Å². The Morgan fingerprint density at radius 1 is 1.14 bits per heavy atom. The van der Waals surface area contributed by atoms with Crippen molar-refractivity contribution in [2.45, 2.75) is 13.8 Å². The number of hydrogen-bond donors (Lipinski definition) is 2. The fraction of sp³-hybridized carbons (Fsp3) is 0.238. The molecular formula is C21H24BrN3O2S. The number of nitrogens with one attached hydrogen (secondary N) is 2. The van der Waals surface area contributed by atoms with Crippen molar-refractivity contribution in [3.05, 3.63) is 70.2 Å². The van der Waals surface area contributed by atoms with Crippen molar-refractivity contribution in [1.29, 1.82) is 0 Å². The van der Waals surface area contributed by atoms with Crippen LogP contribution in [-0.2, 0) is 0 Å². The molecule has 0 amide bonds. The number of hydrogen-bond acceptors (Lipinski definition) is 4. The Kier molecular flexibility index (Phi) is 8.97. The monoisotopic (exact) mass is 461 g/mol. The third-order valence-electron chi connectivity index (χ3n) is 3.84. The van der Waals surface area contributed by atoms with E-state index in [1.54, 1.807) is 12.3 Å². The first-order valence-electron chi connectivity index (χ1n) is 8.80. The number of thiocarbonyl (C=S) groups is 1. The van der Waals surface area contributed by atoms with E-state index in [0.29, 0.717) is 30.6 Å². The summed E-state index contributed by atoms with van der Waals surface area (Å²) < 4.78 is 12.6. The highest BCUT2D eigenvalue weighted by Crippen LogP contribution is 2.22. The van der Waals surface area contributed by atoms with Gasteiger partial charge in [0.1, 0.15) is 24.7 Å². The summed E-state index contributed by atoms with van der Waals surface area (Å²) in [4.78, 5) is 0. The van der Waals surface area contributed by atoms with Crippen molar-refractivity contribution < 1.29 is 9.47 Å². The molecule has 0 atom stereocenters. The average molecular weight is 462 g/mol. The van der Waals surface area contributed by atoms with Crippen LogP contribution in [0.5, 0.6) is 11.5 Å². The van der Waals surface area contributed by atoms with E-state index in [0.717, 1.165) is 15.8 Å². The zero-order chi connectivity index (χ0) is 20.4. The second-order valence-electron chi connectivity index (χ2n) is 5.99. The summed E-state index contributed by atoms with van der Waals surface area (Å²) in [7, 11) is 0. The molecule has 148 valence electrons. The summed E-state index contributed by atoms with van der Waals surface area (Å²) in [6.07, 6.45) is 3.38. The molecule has 0 saturated heterocycles. The van der Waals surface area contributed by atoms with Crippen molar-refractivity contribution in [1.82, 2.24) is 10.7 Å². The molecule has 2 N–H and O–H groups in total. The van der Waals surface area contributed by atoms with Crippen molar-refractivity contribution in [3.8, 4) is 11.5 Å². The summed E-state index contributed by atoms with van der Waals surface area (Å²) in [5.74, 6) is 1.55. The largest absolute Gasteiger partial charge is 0.490 e. The van der Waals surface area contributed by atoms with Gasteiger partial charge in [-0.2, -0.15) is 5.10 Å². The van der Waals surface area contributed by atoms with Crippen LogP contribution in [0.4, 0.5) is 0 Å². The van der Waals surface area contributed by atoms with Crippen LogP contribution in [0.1, 0.15) is 16.7 Å². The minimum absolute atomic E-state index is 0.419. The molecule has 0 saturated carbocycles. The van der Waals surface area contributed by atoms with E-state index in [4.69, 9.17) is 21.7 Å². The van der Waals surface area contributed by atoms with Crippen LogP contribution in [0.2, 0.25) is 0 Å². The van der Waals surface area contributed by atoms with E-state index < -0.39 is 0 Å². The highest BCUT2D eigenvalue weighted by Gasteiger charge is 2.04. The summed E-state index contributed by atoms with van der Waals surface area (Å²) in [5, 5.41) is 7.51. The van der Waals surface area contributed by atoms with E-state index in [1.165, 1.54) is 11.1 Å². The lowest BCUT2D eigenvalue weighted by molar-refractivity contribution is 0.217. The minimum atomic E-state index is 0.419. The fourth-order valence-electron chi connectivity index (χ4n) is 2.23. The Morgan fingerprint density at radius 2 is 1.93 bits per heavy atom. The molecule has 0 fully saturated rings. The van der Waals surface area contributed by atoms with Crippen LogP contribution >= 0.6 is 28.1 Å². The van der Waals surface area contributed by atoms with Gasteiger partial charge in [-0.15, -0.1) is 6.58 Å². The van der Waals surface area contributed by atoms with Gasteiger partial charge in [0.2, 0.25) is 0 Å². The number of aryl methyl sites for hydroxylation is 2. The molecule has 2 aromatic rings. The standard InChI is InChI=1S/C21H24BrN3O2S/c1-4-9-23-21(28)25-24-14-17-13-18(22)6-8-20(17)27-11-10-26-19-7-5-15(2)16(3)12-19/h4-8,12-14H,1,9-11H2,2-3H3,(H2,23,25,28). The predicted octanol–water partition coefficient (Wildman–Crippen LogP) is 4.51. The first kappa shape index (κ1) is 21.9. The number of halogens is 1. The molecule has 2 rings (SSSR count). The highest BCUT2D eigenvalue weighted by atomic mass is 79.9. The maximum Gasteiger partial charge on any atom is 0.187 e. The Balaban J connectivity index is 1.89. The number of ether oxygens (including phenoxy) is 2. The quantitative estimate of drug-likeness (QED) is 0.189. The van der Waals surface area contributed by atoms with Gasteiger partial charge in [-0.25, -0.2) is 0 Å². The van der Waals surface area contributed by atoms with E-state index in [-0.39, 0.29) is 0 Å². The fourth-order valence-corrected chi connectivity index (χ4v) is 2.75. The highest BCUT2D eigenvalue weighted by molar-refractivity contribution is 9.10. The second kappa shape index (κ2) is 11.5. The smallest absolute Gasteiger partial charge is 0.187 e. The summed E-state index contributed by atoms with van der Waals surface area (Å²) in [6, 6.07) is 11.8. The predicted molar refractivity (Wildman–Crippen MR) is 123 cm³/mol. The van der Waals surface area contributed by atoms with E-state index >= 15 is 0 Å². The molecule has 0 heterocycles. The first-order chi connectivity index (χ1) is 13.5. The van der Waals surface area contributed by atoms with Gasteiger partial charge >= 0.3 is 0 Å². The van der Waals surface area contributed by atoms with Crippen LogP contribution in [0.25, 0.3) is 0 Å². The van der Waals surface area contributed by atoms with Crippen LogP contribution < -0.4 is 20.2 Å². The minimum Gasteiger partial charge on any atom is -0.490 e. The topological polar surface area (TPSA) is 54.9 Å². The van der Waals surface area contributed by atoms with Crippen molar-refractivity contribution in [2.24, 2.45) is 5.10 Å². The molecule has 0 spiro atoms. The van der Waals surface area contributed by atoms with E-state index in [2.05, 4.69) is 58.3 Å². The zero-order valence-electron chi connectivity index (χ0n) is 16.0. The molecule has 0 aliphatic heterocycles. The average Bonchev–Trinajstić information content (AvgIpc) is 2.67. The Morgan fingerprint density at radius 3 is 2.68 bits per heavy atom. The lowest BCUT2D eigenvalue weighted by Gasteiger charge is -2.11.